The first-order valence-corrected chi connectivity index (χ1v) is 10.7. The molecule has 1 amide bonds. The Bertz CT molecular complexity index is 1320. The van der Waals surface area contributed by atoms with E-state index in [1.165, 1.54) is 12.1 Å². The number of nitrogens with one attached hydrogen (secondary N) is 1. The molecule has 0 fully saturated rings. The highest BCUT2D eigenvalue weighted by molar-refractivity contribution is 6.32. The van der Waals surface area contributed by atoms with Gasteiger partial charge in [0, 0.05) is 24.5 Å². The number of carbonyl (C=O) groups is 1. The highest BCUT2D eigenvalue weighted by atomic mass is 35.5. The molecule has 1 heterocycles. The summed E-state index contributed by atoms with van der Waals surface area (Å²) in [4.78, 5) is 17.5. The van der Waals surface area contributed by atoms with Crippen LogP contribution in [-0.2, 0) is 16.8 Å². The fraction of sp³-hybridized carbons (Fsp3) is 0.0741. The van der Waals surface area contributed by atoms with Gasteiger partial charge in [0.15, 0.2) is 5.60 Å². The minimum atomic E-state index is -1.86. The van der Waals surface area contributed by atoms with Gasteiger partial charge in [0.2, 0.25) is 0 Å². The first-order valence-electron chi connectivity index (χ1n) is 10.3. The van der Waals surface area contributed by atoms with Gasteiger partial charge in [-0.15, -0.1) is 0 Å². The van der Waals surface area contributed by atoms with Gasteiger partial charge in [-0.2, -0.15) is 5.26 Å². The number of carbonyl (C=O) groups excluding carboxylic acids is 1. The number of hydrogen-bond donors (Lipinski definition) is 2. The van der Waals surface area contributed by atoms with Crippen molar-refractivity contribution in [1.29, 1.82) is 5.26 Å². The van der Waals surface area contributed by atoms with E-state index in [0.29, 0.717) is 16.8 Å². The molecule has 3 aromatic carbocycles. The van der Waals surface area contributed by atoms with Gasteiger partial charge in [-0.25, -0.2) is 0 Å². The van der Waals surface area contributed by atoms with Crippen LogP contribution in [0.3, 0.4) is 0 Å². The quantitative estimate of drug-likeness (QED) is 0.412. The van der Waals surface area contributed by atoms with Gasteiger partial charge >= 0.3 is 0 Å². The molecule has 2 N–H and O–H groups in total. The predicted molar refractivity (Wildman–Crippen MR) is 129 cm³/mol. The number of nitrogens with zero attached hydrogens (tertiary/aromatic N) is 2. The zero-order chi connectivity index (χ0) is 23.3. The Kier molecular flexibility index (Phi) is 6.50. The zero-order valence-electron chi connectivity index (χ0n) is 17.6. The molecule has 4 aromatic rings. The molecule has 0 radical (unpaired) electrons. The number of amides is 1. The van der Waals surface area contributed by atoms with Gasteiger partial charge in [-0.3, -0.25) is 9.78 Å². The first-order chi connectivity index (χ1) is 16.0. The molecule has 1 atom stereocenters. The maximum absolute atomic E-state index is 13.5. The number of benzene rings is 3. The number of pyridine rings is 1. The van der Waals surface area contributed by atoms with E-state index in [2.05, 4.69) is 10.3 Å². The molecule has 1 unspecified atom stereocenters. The zero-order valence-corrected chi connectivity index (χ0v) is 18.3. The van der Waals surface area contributed by atoms with Gasteiger partial charge in [-0.1, -0.05) is 66.2 Å². The summed E-state index contributed by atoms with van der Waals surface area (Å²) >= 11 is 6.12. The van der Waals surface area contributed by atoms with Crippen molar-refractivity contribution in [3.63, 3.8) is 0 Å². The van der Waals surface area contributed by atoms with Gasteiger partial charge in [0.1, 0.15) is 6.07 Å². The van der Waals surface area contributed by atoms with Gasteiger partial charge < -0.3 is 10.4 Å². The van der Waals surface area contributed by atoms with E-state index >= 15 is 0 Å². The molecule has 0 saturated heterocycles. The third-order valence-electron chi connectivity index (χ3n) is 5.43. The number of anilines is 1. The summed E-state index contributed by atoms with van der Waals surface area (Å²) in [6.45, 7) is 0. The molecule has 6 heteroatoms. The summed E-state index contributed by atoms with van der Waals surface area (Å²) in [5.41, 5.74) is 1.96. The number of hydrogen-bond acceptors (Lipinski definition) is 4. The maximum Gasteiger partial charge on any atom is 0.261 e. The van der Waals surface area contributed by atoms with Crippen molar-refractivity contribution in [3.05, 3.63) is 119 Å². The lowest BCUT2D eigenvalue weighted by atomic mass is 9.84. The van der Waals surface area contributed by atoms with Crippen LogP contribution in [0.1, 0.15) is 16.7 Å². The van der Waals surface area contributed by atoms with Crippen LogP contribution in [0.5, 0.6) is 0 Å². The van der Waals surface area contributed by atoms with Crippen molar-refractivity contribution >= 4 is 23.2 Å². The van der Waals surface area contributed by atoms with Gasteiger partial charge in [-0.05, 0) is 52.6 Å². The Labute approximate surface area is 196 Å². The number of rotatable bonds is 6. The molecular weight excluding hydrogens is 434 g/mol. The van der Waals surface area contributed by atoms with E-state index in [9.17, 15) is 9.90 Å². The lowest BCUT2D eigenvalue weighted by Crippen LogP contribution is -2.42. The number of nitriles is 1. The van der Waals surface area contributed by atoms with Crippen molar-refractivity contribution < 1.29 is 9.90 Å². The fourth-order valence-corrected chi connectivity index (χ4v) is 3.93. The Morgan fingerprint density at radius 3 is 2.39 bits per heavy atom. The molecule has 0 saturated carbocycles. The Morgan fingerprint density at radius 1 is 1.00 bits per heavy atom. The summed E-state index contributed by atoms with van der Waals surface area (Å²) < 4.78 is 0. The largest absolute Gasteiger partial charge is 0.375 e. The fourth-order valence-electron chi connectivity index (χ4n) is 3.71. The lowest BCUT2D eigenvalue weighted by Gasteiger charge is -2.29. The third kappa shape index (κ3) is 4.78. The lowest BCUT2D eigenvalue weighted by molar-refractivity contribution is -0.135. The molecule has 33 heavy (non-hydrogen) atoms. The van der Waals surface area contributed by atoms with Crippen molar-refractivity contribution in [2.75, 3.05) is 5.32 Å². The SMILES string of the molecule is N#Cc1ccc(NC(=O)C(O)(Cc2ccccc2-c2ccncc2)c2ccccc2)cc1Cl. The summed E-state index contributed by atoms with van der Waals surface area (Å²) in [5, 5.41) is 23.9. The van der Waals surface area contributed by atoms with E-state index in [0.717, 1.165) is 16.7 Å². The molecule has 0 bridgehead atoms. The Hall–Kier alpha value is -3.98. The topological polar surface area (TPSA) is 86.0 Å². The summed E-state index contributed by atoms with van der Waals surface area (Å²) in [7, 11) is 0. The van der Waals surface area contributed by atoms with Crippen LogP contribution in [0.2, 0.25) is 5.02 Å². The molecule has 0 spiro atoms. The van der Waals surface area contributed by atoms with Crippen LogP contribution in [0.15, 0.2) is 97.3 Å². The normalized spacial score (nSPS) is 12.4. The van der Waals surface area contributed by atoms with E-state index < -0.39 is 11.5 Å². The highest BCUT2D eigenvalue weighted by Gasteiger charge is 2.38. The van der Waals surface area contributed by atoms with Crippen molar-refractivity contribution in [2.45, 2.75) is 12.0 Å². The molecule has 1 aromatic heterocycles. The van der Waals surface area contributed by atoms with Crippen LogP contribution in [0.4, 0.5) is 5.69 Å². The molecule has 0 aliphatic heterocycles. The average Bonchev–Trinajstić information content (AvgIpc) is 2.85. The van der Waals surface area contributed by atoms with Crippen LogP contribution in [0.25, 0.3) is 11.1 Å². The second kappa shape index (κ2) is 9.66. The van der Waals surface area contributed by atoms with Crippen LogP contribution >= 0.6 is 11.6 Å². The third-order valence-corrected chi connectivity index (χ3v) is 5.74. The number of aromatic nitrogens is 1. The van der Waals surface area contributed by atoms with Crippen LogP contribution < -0.4 is 5.32 Å². The standard InChI is InChI=1S/C27H20ClN3O2/c28-25-16-23(11-10-21(25)18-29)31-26(32)27(33,22-7-2-1-3-8-22)17-20-6-4-5-9-24(20)19-12-14-30-15-13-19/h1-16,33H,17H2,(H,31,32). The molecule has 0 aliphatic rings. The van der Waals surface area contributed by atoms with E-state index in [1.54, 1.807) is 42.7 Å². The number of aliphatic hydroxyl groups is 1. The Morgan fingerprint density at radius 2 is 1.70 bits per heavy atom. The maximum atomic E-state index is 13.5. The van der Waals surface area contributed by atoms with Crippen LogP contribution in [0, 0.1) is 11.3 Å². The molecule has 162 valence electrons. The second-order valence-electron chi connectivity index (χ2n) is 7.56. The van der Waals surface area contributed by atoms with Gasteiger partial charge in [0.05, 0.1) is 10.6 Å². The molecule has 0 aliphatic carbocycles. The summed E-state index contributed by atoms with van der Waals surface area (Å²) in [6, 6.07) is 26.8. The first kappa shape index (κ1) is 22.2. The van der Waals surface area contributed by atoms with E-state index in [-0.39, 0.29) is 11.4 Å². The summed E-state index contributed by atoms with van der Waals surface area (Å²) in [6.07, 6.45) is 3.46. The smallest absolute Gasteiger partial charge is 0.261 e. The highest BCUT2D eigenvalue weighted by Crippen LogP contribution is 2.33. The van der Waals surface area contributed by atoms with Gasteiger partial charge in [0.25, 0.3) is 5.91 Å². The molecule has 4 rings (SSSR count). The number of halogens is 1. The Balaban J connectivity index is 1.73. The summed E-state index contributed by atoms with van der Waals surface area (Å²) in [5.74, 6) is -0.598. The predicted octanol–water partition coefficient (Wildman–Crippen LogP) is 5.34. The minimum Gasteiger partial charge on any atom is -0.375 e. The van der Waals surface area contributed by atoms with Crippen molar-refractivity contribution in [1.82, 2.24) is 4.98 Å². The van der Waals surface area contributed by atoms with Crippen LogP contribution in [-0.4, -0.2) is 16.0 Å². The van der Waals surface area contributed by atoms with Crippen molar-refractivity contribution in [2.24, 2.45) is 0 Å². The van der Waals surface area contributed by atoms with E-state index in [4.69, 9.17) is 16.9 Å². The monoisotopic (exact) mass is 453 g/mol. The molecular formula is C27H20ClN3O2. The van der Waals surface area contributed by atoms with Crippen molar-refractivity contribution in [3.8, 4) is 17.2 Å². The second-order valence-corrected chi connectivity index (χ2v) is 7.96. The van der Waals surface area contributed by atoms with E-state index in [1.807, 2.05) is 48.5 Å². The average molecular weight is 454 g/mol. The molecule has 5 nitrogen and oxygen atoms in total. The minimum absolute atomic E-state index is 0.0470.